The van der Waals surface area contributed by atoms with E-state index in [1.807, 2.05) is 65.0 Å². The van der Waals surface area contributed by atoms with E-state index >= 15 is 0 Å². The van der Waals surface area contributed by atoms with Crippen molar-refractivity contribution < 1.29 is 18.0 Å². The van der Waals surface area contributed by atoms with Crippen molar-refractivity contribution in [1.29, 1.82) is 0 Å². The maximum absolute atomic E-state index is 14.0. The fourth-order valence-corrected chi connectivity index (χ4v) is 6.01. The number of rotatable bonds is 9. The quantitative estimate of drug-likeness (QED) is 0.297. The lowest BCUT2D eigenvalue weighted by molar-refractivity contribution is -0.140. The Balaban J connectivity index is 2.07. The maximum Gasteiger partial charge on any atom is 0.264 e. The highest BCUT2D eigenvalue weighted by atomic mass is 79.9. The van der Waals surface area contributed by atoms with Crippen molar-refractivity contribution in [3.63, 3.8) is 0 Å². The molecule has 0 unspecified atom stereocenters. The molecule has 0 saturated carbocycles. The fraction of sp³-hybridized carbons (Fsp3) is 0.333. The van der Waals surface area contributed by atoms with Crippen LogP contribution in [0.4, 0.5) is 5.69 Å². The summed E-state index contributed by atoms with van der Waals surface area (Å²) in [6.07, 6.45) is 0. The van der Waals surface area contributed by atoms with E-state index in [-0.39, 0.29) is 17.3 Å². The number of carbonyl (C=O) groups excluding carboxylic acids is 2. The topological polar surface area (TPSA) is 86.8 Å². The third-order valence-electron chi connectivity index (χ3n) is 6.37. The average molecular weight is 649 g/mol. The minimum atomic E-state index is -4.16. The Labute approximate surface area is 250 Å². The van der Waals surface area contributed by atoms with Crippen molar-refractivity contribution in [3.05, 3.63) is 92.9 Å². The van der Waals surface area contributed by atoms with E-state index in [2.05, 4.69) is 21.2 Å². The highest BCUT2D eigenvalue weighted by Gasteiger charge is 2.33. The molecule has 0 heterocycles. The largest absolute Gasteiger partial charge is 0.350 e. The number of amides is 2. The minimum Gasteiger partial charge on any atom is -0.350 e. The van der Waals surface area contributed by atoms with Gasteiger partial charge in [-0.2, -0.15) is 0 Å². The highest BCUT2D eigenvalue weighted by Crippen LogP contribution is 2.27. The number of sulfonamides is 1. The number of anilines is 1. The predicted octanol–water partition coefficient (Wildman–Crippen LogP) is 6.25. The lowest BCUT2D eigenvalue weighted by atomic mass is 10.1. The van der Waals surface area contributed by atoms with Gasteiger partial charge in [-0.15, -0.1) is 0 Å². The van der Waals surface area contributed by atoms with Gasteiger partial charge in [-0.3, -0.25) is 13.9 Å². The first-order valence-corrected chi connectivity index (χ1v) is 15.4. The van der Waals surface area contributed by atoms with E-state index in [1.165, 1.54) is 29.2 Å². The summed E-state index contributed by atoms with van der Waals surface area (Å²) in [7, 11) is -4.16. The van der Waals surface area contributed by atoms with E-state index < -0.39 is 34.1 Å². The summed E-state index contributed by atoms with van der Waals surface area (Å²) in [5.41, 5.74) is 2.49. The lowest BCUT2D eigenvalue weighted by Gasteiger charge is -2.33. The van der Waals surface area contributed by atoms with Gasteiger partial charge in [0.15, 0.2) is 0 Å². The molecule has 0 saturated heterocycles. The Morgan fingerprint density at radius 2 is 1.62 bits per heavy atom. The van der Waals surface area contributed by atoms with Gasteiger partial charge in [0.05, 0.1) is 10.6 Å². The molecule has 3 aromatic rings. The van der Waals surface area contributed by atoms with Crippen LogP contribution in [0.5, 0.6) is 0 Å². The van der Waals surface area contributed by atoms with Crippen LogP contribution in [0.15, 0.2) is 76.1 Å². The van der Waals surface area contributed by atoms with Gasteiger partial charge in [0.25, 0.3) is 10.0 Å². The van der Waals surface area contributed by atoms with Gasteiger partial charge in [-0.1, -0.05) is 45.7 Å². The fourth-order valence-electron chi connectivity index (χ4n) is 4.03. The summed E-state index contributed by atoms with van der Waals surface area (Å²) in [6.45, 7) is 10.6. The number of halogens is 2. The first-order chi connectivity index (χ1) is 18.6. The van der Waals surface area contributed by atoms with E-state index in [0.29, 0.717) is 10.7 Å². The smallest absolute Gasteiger partial charge is 0.264 e. The second kappa shape index (κ2) is 12.7. The van der Waals surface area contributed by atoms with Crippen LogP contribution in [0.2, 0.25) is 5.02 Å². The van der Waals surface area contributed by atoms with Gasteiger partial charge in [-0.25, -0.2) is 8.42 Å². The van der Waals surface area contributed by atoms with Crippen LogP contribution in [0.1, 0.15) is 44.4 Å². The van der Waals surface area contributed by atoms with Gasteiger partial charge in [0.1, 0.15) is 12.6 Å². The van der Waals surface area contributed by atoms with Crippen molar-refractivity contribution in [2.45, 2.75) is 64.6 Å². The molecule has 0 radical (unpaired) electrons. The molecule has 0 spiro atoms. The van der Waals surface area contributed by atoms with Crippen LogP contribution in [0.25, 0.3) is 0 Å². The molecule has 0 aliphatic heterocycles. The number of benzene rings is 3. The monoisotopic (exact) mass is 647 g/mol. The van der Waals surface area contributed by atoms with E-state index in [1.54, 1.807) is 19.1 Å². The molecule has 10 heteroatoms. The zero-order valence-corrected chi connectivity index (χ0v) is 26.7. The van der Waals surface area contributed by atoms with Crippen LogP contribution in [-0.2, 0) is 26.2 Å². The standard InChI is InChI=1S/C30H35BrClN3O4S/c1-20-10-13-26(16-21(20)2)35(40(38,39)27-14-11-25(32)12-15-27)19-28(36)34(18-23-8-7-9-24(31)17-23)22(3)29(37)33-30(4,5)6/h7-17,22H,18-19H2,1-6H3,(H,33,37)/t22-/m0/s1. The molecule has 7 nitrogen and oxygen atoms in total. The Morgan fingerprint density at radius 3 is 2.20 bits per heavy atom. The molecule has 0 fully saturated rings. The summed E-state index contributed by atoms with van der Waals surface area (Å²) in [5.74, 6) is -0.860. The molecule has 0 aromatic heterocycles. The average Bonchev–Trinajstić information content (AvgIpc) is 2.86. The highest BCUT2D eigenvalue weighted by molar-refractivity contribution is 9.10. The molecule has 2 amide bonds. The van der Waals surface area contributed by atoms with E-state index in [4.69, 9.17) is 11.6 Å². The molecule has 0 bridgehead atoms. The van der Waals surface area contributed by atoms with Gasteiger partial charge < -0.3 is 10.2 Å². The summed E-state index contributed by atoms with van der Waals surface area (Å²) in [4.78, 5) is 28.6. The van der Waals surface area contributed by atoms with Crippen LogP contribution in [0, 0.1) is 13.8 Å². The van der Waals surface area contributed by atoms with Crippen LogP contribution >= 0.6 is 27.5 Å². The van der Waals surface area contributed by atoms with Crippen molar-refractivity contribution in [2.75, 3.05) is 10.8 Å². The van der Waals surface area contributed by atoms with Crippen LogP contribution in [0.3, 0.4) is 0 Å². The second-order valence-corrected chi connectivity index (χ2v) is 14.0. The molecule has 3 aromatic carbocycles. The first-order valence-electron chi connectivity index (χ1n) is 12.8. The molecule has 1 atom stereocenters. The van der Waals surface area contributed by atoms with E-state index in [9.17, 15) is 18.0 Å². The van der Waals surface area contributed by atoms with Crippen LogP contribution in [-0.4, -0.2) is 43.3 Å². The summed E-state index contributed by atoms with van der Waals surface area (Å²) in [6, 6.07) is 17.6. The third kappa shape index (κ3) is 8.08. The molecule has 3 rings (SSSR count). The number of carbonyl (C=O) groups is 2. The molecule has 40 heavy (non-hydrogen) atoms. The summed E-state index contributed by atoms with van der Waals surface area (Å²) in [5, 5.41) is 3.32. The van der Waals surface area contributed by atoms with Gasteiger partial charge in [-0.05, 0) is 107 Å². The number of hydrogen-bond donors (Lipinski definition) is 1. The van der Waals surface area contributed by atoms with Gasteiger partial charge in [0.2, 0.25) is 11.8 Å². The van der Waals surface area contributed by atoms with E-state index in [0.717, 1.165) is 25.5 Å². The zero-order chi connectivity index (χ0) is 29.8. The molecule has 0 aliphatic rings. The Morgan fingerprint density at radius 1 is 0.975 bits per heavy atom. The molecule has 1 N–H and O–H groups in total. The predicted molar refractivity (Wildman–Crippen MR) is 164 cm³/mol. The SMILES string of the molecule is Cc1ccc(N(CC(=O)N(Cc2cccc(Br)c2)[C@@H](C)C(=O)NC(C)(C)C)S(=O)(=O)c2ccc(Cl)cc2)cc1C. The summed E-state index contributed by atoms with van der Waals surface area (Å²) >= 11 is 9.47. The molecule has 214 valence electrons. The van der Waals surface area contributed by atoms with Crippen molar-refractivity contribution in [3.8, 4) is 0 Å². The Bertz CT molecular complexity index is 1490. The van der Waals surface area contributed by atoms with Crippen molar-refractivity contribution in [2.24, 2.45) is 0 Å². The normalized spacial score (nSPS) is 12.5. The molecular weight excluding hydrogens is 614 g/mol. The number of aryl methyl sites for hydroxylation is 2. The number of nitrogens with zero attached hydrogens (tertiary/aromatic N) is 2. The van der Waals surface area contributed by atoms with Gasteiger partial charge in [0, 0.05) is 21.6 Å². The molecular formula is C30H35BrClN3O4S. The second-order valence-electron chi connectivity index (χ2n) is 10.8. The third-order valence-corrected chi connectivity index (χ3v) is 8.90. The summed E-state index contributed by atoms with van der Waals surface area (Å²) < 4.78 is 29.8. The lowest BCUT2D eigenvalue weighted by Crippen LogP contribution is -2.54. The minimum absolute atomic E-state index is 0.00000731. The Hall–Kier alpha value is -2.88. The maximum atomic E-state index is 14.0. The van der Waals surface area contributed by atoms with Crippen molar-refractivity contribution in [1.82, 2.24) is 10.2 Å². The van der Waals surface area contributed by atoms with Crippen LogP contribution < -0.4 is 9.62 Å². The zero-order valence-electron chi connectivity index (χ0n) is 23.5. The molecule has 0 aliphatic carbocycles. The Kier molecular flexibility index (Phi) is 10.1. The van der Waals surface area contributed by atoms with Crippen molar-refractivity contribution >= 4 is 55.1 Å². The van der Waals surface area contributed by atoms with Gasteiger partial charge >= 0.3 is 0 Å². The number of nitrogens with one attached hydrogen (secondary N) is 1. The first kappa shape index (κ1) is 31.6. The number of hydrogen-bond acceptors (Lipinski definition) is 4.